The molecule has 29 heavy (non-hydrogen) atoms. The minimum absolute atomic E-state index is 0.403. The van der Waals surface area contributed by atoms with E-state index in [1.165, 1.54) is 0 Å². The van der Waals surface area contributed by atoms with Gasteiger partial charge in [0.1, 0.15) is 0 Å². The largest absolute Gasteiger partial charge is 0.572 e. The van der Waals surface area contributed by atoms with Crippen LogP contribution >= 0.6 is 10.3 Å². The van der Waals surface area contributed by atoms with Gasteiger partial charge in [-0.15, -0.1) is 8.42 Å². The molecule has 0 aliphatic heterocycles. The number of alkyl halides is 3. The van der Waals surface area contributed by atoms with E-state index in [2.05, 4.69) is 3.63 Å². The summed E-state index contributed by atoms with van der Waals surface area (Å²) in [5.41, 5.74) is -3.69. The van der Waals surface area contributed by atoms with Crippen LogP contribution in [0.5, 0.6) is 0 Å². The summed E-state index contributed by atoms with van der Waals surface area (Å²) in [6, 6.07) is 21.8. The highest BCUT2D eigenvalue weighted by molar-refractivity contribution is 8.32. The van der Waals surface area contributed by atoms with Crippen LogP contribution in [-0.4, -0.2) is 17.6 Å². The highest BCUT2D eigenvalue weighted by Gasteiger charge is 2.57. The number of benzene rings is 3. The van der Waals surface area contributed by atoms with Crippen LogP contribution in [0.2, 0.25) is 0 Å². The highest BCUT2D eigenvalue weighted by atomic mass is 32.3. The summed E-state index contributed by atoms with van der Waals surface area (Å²) < 4.78 is 68.2. The first-order chi connectivity index (χ1) is 13.6. The summed E-state index contributed by atoms with van der Waals surface area (Å²) in [5.74, 6) is 0. The zero-order valence-corrected chi connectivity index (χ0v) is 17.4. The predicted molar refractivity (Wildman–Crippen MR) is 109 cm³/mol. The van der Waals surface area contributed by atoms with Crippen molar-refractivity contribution in [3.05, 3.63) is 90.0 Å². The standard InChI is InChI=1S/C21H19F3O3S2/c1-16-8-12-19(13-9-16)28(18-6-4-3-5-7-18,20-14-10-17(2)11-15-20)27-29(25,26)21(22,23)24/h3-15H,1-2H3/p+1. The van der Waals surface area contributed by atoms with Crippen molar-refractivity contribution in [1.82, 2.24) is 0 Å². The molecule has 0 spiro atoms. The summed E-state index contributed by atoms with van der Waals surface area (Å²) in [5, 5.41) is 0. The van der Waals surface area contributed by atoms with Crippen molar-refractivity contribution < 1.29 is 25.2 Å². The zero-order valence-electron chi connectivity index (χ0n) is 15.7. The minimum Gasteiger partial charge on any atom is -0.255 e. The van der Waals surface area contributed by atoms with Gasteiger partial charge in [0.2, 0.25) is 0 Å². The lowest BCUT2D eigenvalue weighted by Crippen LogP contribution is -2.30. The molecule has 0 fully saturated rings. The Bertz CT molecular complexity index is 1030. The van der Waals surface area contributed by atoms with E-state index < -0.39 is 25.9 Å². The van der Waals surface area contributed by atoms with Gasteiger partial charge in [0.25, 0.3) is 0 Å². The number of aryl methyl sites for hydroxylation is 2. The van der Waals surface area contributed by atoms with Crippen molar-refractivity contribution in [2.45, 2.75) is 34.0 Å². The maximum Gasteiger partial charge on any atom is 0.572 e. The van der Waals surface area contributed by atoms with E-state index in [1.54, 1.807) is 78.9 Å². The average molecular weight is 442 g/mol. The predicted octanol–water partition coefficient (Wildman–Crippen LogP) is 6.44. The Labute approximate surface area is 169 Å². The molecule has 0 unspecified atom stereocenters. The van der Waals surface area contributed by atoms with E-state index in [4.69, 9.17) is 0 Å². The van der Waals surface area contributed by atoms with Gasteiger partial charge >= 0.3 is 15.6 Å². The first-order valence-electron chi connectivity index (χ1n) is 8.64. The maximum atomic E-state index is 13.4. The minimum atomic E-state index is -5.76. The van der Waals surface area contributed by atoms with E-state index in [0.29, 0.717) is 14.7 Å². The number of halogens is 3. The first-order valence-corrected chi connectivity index (χ1v) is 11.7. The van der Waals surface area contributed by atoms with Crippen LogP contribution in [0, 0.1) is 13.8 Å². The first kappa shape index (κ1) is 21.4. The van der Waals surface area contributed by atoms with Gasteiger partial charge in [-0.25, -0.2) is 0 Å². The van der Waals surface area contributed by atoms with Crippen LogP contribution in [0.1, 0.15) is 11.1 Å². The third-order valence-electron chi connectivity index (χ3n) is 4.31. The average Bonchev–Trinajstić information content (AvgIpc) is 2.67. The summed E-state index contributed by atoms with van der Waals surface area (Å²) in [4.78, 5) is 1.22. The van der Waals surface area contributed by atoms with E-state index in [-0.39, 0.29) is 0 Å². The summed E-state index contributed by atoms with van der Waals surface area (Å²) in [6.07, 6.45) is 0. The molecular formula is C21H20F3O3S2+. The fourth-order valence-corrected chi connectivity index (χ4v) is 7.79. The van der Waals surface area contributed by atoms with Gasteiger partial charge < -0.3 is 0 Å². The molecule has 1 N–H and O–H groups in total. The number of hydrogen-bond donors (Lipinski definition) is 0. The van der Waals surface area contributed by atoms with Crippen molar-refractivity contribution in [2.75, 3.05) is 0 Å². The Balaban J connectivity index is 2.39. The summed E-state index contributed by atoms with van der Waals surface area (Å²) in [7, 11) is -8.85. The van der Waals surface area contributed by atoms with Crippen LogP contribution in [0.4, 0.5) is 13.2 Å². The van der Waals surface area contributed by atoms with E-state index in [9.17, 15) is 21.6 Å². The molecule has 3 aromatic rings. The lowest BCUT2D eigenvalue weighted by molar-refractivity contribution is -0.0540. The summed E-state index contributed by atoms with van der Waals surface area (Å²) >= 11 is 0. The van der Waals surface area contributed by atoms with Crippen LogP contribution < -0.4 is 0 Å². The van der Waals surface area contributed by atoms with Gasteiger partial charge in [0.05, 0.1) is 25.0 Å². The van der Waals surface area contributed by atoms with Crippen LogP contribution in [0.25, 0.3) is 0 Å². The van der Waals surface area contributed by atoms with Crippen LogP contribution in [0.3, 0.4) is 0 Å². The van der Waals surface area contributed by atoms with Crippen molar-refractivity contribution in [1.29, 1.82) is 0 Å². The third-order valence-corrected chi connectivity index (χ3v) is 9.44. The molecule has 0 bridgehead atoms. The van der Waals surface area contributed by atoms with E-state index in [1.807, 2.05) is 13.8 Å². The summed E-state index contributed by atoms with van der Waals surface area (Å²) in [6.45, 7) is 3.69. The zero-order chi connectivity index (χ0) is 21.3. The molecule has 154 valence electrons. The molecule has 0 saturated heterocycles. The topological polar surface area (TPSA) is 46.9 Å². The second-order valence-corrected chi connectivity index (χ2v) is 11.1. The van der Waals surface area contributed by atoms with Crippen molar-refractivity contribution in [2.24, 2.45) is 0 Å². The molecule has 3 nitrogen and oxygen atoms in total. The van der Waals surface area contributed by atoms with Gasteiger partial charge in [-0.3, -0.25) is 3.63 Å². The van der Waals surface area contributed by atoms with Crippen molar-refractivity contribution >= 4 is 20.4 Å². The lowest BCUT2D eigenvalue weighted by atomic mass is 10.2. The van der Waals surface area contributed by atoms with Gasteiger partial charge in [-0.1, -0.05) is 53.6 Å². The molecule has 0 saturated carbocycles. The fraction of sp³-hybridized carbons (Fsp3) is 0.143. The number of rotatable bonds is 5. The molecule has 8 heteroatoms. The highest BCUT2D eigenvalue weighted by Crippen LogP contribution is 2.68. The Morgan fingerprint density at radius 2 is 1.03 bits per heavy atom. The SMILES string of the molecule is Cc1ccc(S([OH+]S(=O)(=O)C(F)(F)F)(c2ccccc2)c2ccc(C)cc2)cc1. The molecule has 0 atom stereocenters. The van der Waals surface area contributed by atoms with Crippen LogP contribution in [-0.2, 0) is 10.1 Å². The van der Waals surface area contributed by atoms with Gasteiger partial charge in [-0.05, 0) is 50.2 Å². The maximum absolute atomic E-state index is 13.4. The quantitative estimate of drug-likeness (QED) is 0.260. The molecular weight excluding hydrogens is 421 g/mol. The Morgan fingerprint density at radius 3 is 1.41 bits per heavy atom. The molecule has 0 aromatic heterocycles. The van der Waals surface area contributed by atoms with Gasteiger partial charge in [0.15, 0.2) is 0 Å². The fourth-order valence-electron chi connectivity index (χ4n) is 2.81. The Kier molecular flexibility index (Phi) is 5.80. The number of hydrogen-bond acceptors (Lipinski definition) is 2. The molecule has 0 aliphatic rings. The second kappa shape index (κ2) is 7.85. The Hall–Kier alpha value is -2.29. The monoisotopic (exact) mass is 441 g/mol. The third kappa shape index (κ3) is 4.19. The normalized spacial score (nSPS) is 13.3. The van der Waals surface area contributed by atoms with Crippen LogP contribution in [0.15, 0.2) is 93.5 Å². The van der Waals surface area contributed by atoms with Gasteiger partial charge in [0, 0.05) is 0 Å². The van der Waals surface area contributed by atoms with E-state index >= 15 is 0 Å². The molecule has 0 aliphatic carbocycles. The Morgan fingerprint density at radius 1 is 0.655 bits per heavy atom. The molecule has 0 radical (unpaired) electrons. The van der Waals surface area contributed by atoms with Gasteiger partial charge in [-0.2, -0.15) is 13.2 Å². The van der Waals surface area contributed by atoms with E-state index in [0.717, 1.165) is 11.1 Å². The second-order valence-electron chi connectivity index (χ2n) is 6.51. The van der Waals surface area contributed by atoms with Crippen molar-refractivity contribution in [3.8, 4) is 0 Å². The van der Waals surface area contributed by atoms with Crippen molar-refractivity contribution in [3.63, 3.8) is 0 Å². The lowest BCUT2D eigenvalue weighted by Gasteiger charge is -2.35. The molecule has 3 aromatic carbocycles. The smallest absolute Gasteiger partial charge is 0.255 e. The molecule has 0 amide bonds. The molecule has 3 rings (SSSR count). The molecule has 0 heterocycles.